The maximum Gasteiger partial charge on any atom is 0.417 e. The summed E-state index contributed by atoms with van der Waals surface area (Å²) in [6.45, 7) is 1.23. The average Bonchev–Trinajstić information content (AvgIpc) is 3.42. The summed E-state index contributed by atoms with van der Waals surface area (Å²) in [4.78, 5) is 26.3. The van der Waals surface area contributed by atoms with E-state index in [9.17, 15) is 9.59 Å². The van der Waals surface area contributed by atoms with Crippen LogP contribution in [-0.4, -0.2) is 43.8 Å². The largest absolute Gasteiger partial charge is 0.497 e. The monoisotopic (exact) mass is 397 g/mol. The fourth-order valence-corrected chi connectivity index (χ4v) is 3.66. The molecule has 2 aliphatic heterocycles. The number of carbonyl (C=O) groups is 2. The summed E-state index contributed by atoms with van der Waals surface area (Å²) in [6.07, 6.45) is -0.442. The predicted molar refractivity (Wildman–Crippen MR) is 103 cm³/mol. The topological polar surface area (TPSA) is 74.3 Å². The number of nitrogens with zero attached hydrogens (tertiary/aromatic N) is 1. The van der Waals surface area contributed by atoms with Crippen LogP contribution in [0.1, 0.15) is 35.4 Å². The van der Waals surface area contributed by atoms with Gasteiger partial charge < -0.3 is 18.9 Å². The van der Waals surface area contributed by atoms with E-state index in [0.717, 1.165) is 16.7 Å². The van der Waals surface area contributed by atoms with Crippen LogP contribution < -0.4 is 4.74 Å². The Morgan fingerprint density at radius 3 is 2.62 bits per heavy atom. The number of imide groups is 1. The van der Waals surface area contributed by atoms with E-state index in [0.29, 0.717) is 25.4 Å². The summed E-state index contributed by atoms with van der Waals surface area (Å²) < 4.78 is 21.7. The Bertz CT molecular complexity index is 878. The van der Waals surface area contributed by atoms with Crippen LogP contribution in [0.2, 0.25) is 0 Å². The van der Waals surface area contributed by atoms with E-state index in [1.165, 1.54) is 4.90 Å². The fourth-order valence-electron chi connectivity index (χ4n) is 3.66. The molecule has 0 saturated carbocycles. The van der Waals surface area contributed by atoms with Gasteiger partial charge in [0, 0.05) is 12.0 Å². The minimum Gasteiger partial charge on any atom is -0.497 e. The Labute approximate surface area is 169 Å². The predicted octanol–water partition coefficient (Wildman–Crippen LogP) is 3.39. The molecule has 2 aromatic rings. The number of hydrogen-bond donors (Lipinski definition) is 0. The molecule has 0 aromatic heterocycles. The number of ether oxygens (including phenoxy) is 4. The summed E-state index contributed by atoms with van der Waals surface area (Å²) in [5.41, 5.74) is 2.65. The highest BCUT2D eigenvalue weighted by atomic mass is 16.7. The summed E-state index contributed by atoms with van der Waals surface area (Å²) in [5.74, 6) is 0.429. The Kier molecular flexibility index (Phi) is 5.78. The van der Waals surface area contributed by atoms with Crippen LogP contribution in [0.4, 0.5) is 4.79 Å². The number of carbonyl (C=O) groups excluding carboxylic acids is 2. The number of cyclic esters (lactones) is 1. The van der Waals surface area contributed by atoms with Crippen molar-refractivity contribution in [2.45, 2.75) is 25.2 Å². The quantitative estimate of drug-likeness (QED) is 0.744. The standard InChI is InChI=1S/C22H23NO6/c1-26-17-9-7-15(18(13-17)21-27-11-12-28-21)8-10-20(24)23-19(14-29-22(23)25)16-5-3-2-4-6-16/h2-7,9,13,19,21H,8,10-12,14H2,1H3. The maximum atomic E-state index is 12.9. The van der Waals surface area contributed by atoms with Crippen molar-refractivity contribution in [3.8, 4) is 5.75 Å². The lowest BCUT2D eigenvalue weighted by Crippen LogP contribution is -2.34. The molecule has 152 valence electrons. The Morgan fingerprint density at radius 2 is 1.90 bits per heavy atom. The number of aryl methyl sites for hydroxylation is 1. The van der Waals surface area contributed by atoms with Crippen molar-refractivity contribution in [1.29, 1.82) is 0 Å². The molecule has 4 rings (SSSR count). The molecule has 29 heavy (non-hydrogen) atoms. The molecule has 0 spiro atoms. The zero-order valence-corrected chi connectivity index (χ0v) is 16.2. The highest BCUT2D eigenvalue weighted by Gasteiger charge is 2.38. The first-order chi connectivity index (χ1) is 14.2. The molecule has 0 bridgehead atoms. The lowest BCUT2D eigenvalue weighted by molar-refractivity contribution is -0.129. The van der Waals surface area contributed by atoms with E-state index in [4.69, 9.17) is 18.9 Å². The third kappa shape index (κ3) is 4.11. The molecule has 2 heterocycles. The van der Waals surface area contributed by atoms with E-state index in [1.807, 2.05) is 48.5 Å². The van der Waals surface area contributed by atoms with E-state index >= 15 is 0 Å². The lowest BCUT2D eigenvalue weighted by Gasteiger charge is -2.21. The molecule has 2 fully saturated rings. The van der Waals surface area contributed by atoms with Gasteiger partial charge in [0.25, 0.3) is 0 Å². The molecule has 2 saturated heterocycles. The molecular formula is C22H23NO6. The number of hydrogen-bond acceptors (Lipinski definition) is 6. The maximum absolute atomic E-state index is 12.9. The SMILES string of the molecule is COc1ccc(CCC(=O)N2C(=O)OCC2c2ccccc2)c(C2OCCO2)c1. The average molecular weight is 397 g/mol. The van der Waals surface area contributed by atoms with Gasteiger partial charge in [0.2, 0.25) is 5.91 Å². The number of amides is 2. The molecule has 1 atom stereocenters. The highest BCUT2D eigenvalue weighted by Crippen LogP contribution is 2.32. The molecule has 1 unspecified atom stereocenters. The van der Waals surface area contributed by atoms with Crippen molar-refractivity contribution >= 4 is 12.0 Å². The second-order valence-electron chi connectivity index (χ2n) is 6.91. The smallest absolute Gasteiger partial charge is 0.417 e. The van der Waals surface area contributed by atoms with Crippen molar-refractivity contribution in [3.63, 3.8) is 0 Å². The third-order valence-corrected chi connectivity index (χ3v) is 5.16. The van der Waals surface area contributed by atoms with Gasteiger partial charge >= 0.3 is 6.09 Å². The van der Waals surface area contributed by atoms with Crippen LogP contribution in [0, 0.1) is 0 Å². The summed E-state index contributed by atoms with van der Waals surface area (Å²) >= 11 is 0. The van der Waals surface area contributed by atoms with Crippen molar-refractivity contribution in [1.82, 2.24) is 4.90 Å². The Hall–Kier alpha value is -2.90. The molecule has 0 radical (unpaired) electrons. The first-order valence-electron chi connectivity index (χ1n) is 9.61. The van der Waals surface area contributed by atoms with Crippen LogP contribution >= 0.6 is 0 Å². The van der Waals surface area contributed by atoms with Gasteiger partial charge in [0.1, 0.15) is 18.4 Å². The summed E-state index contributed by atoms with van der Waals surface area (Å²) in [5, 5.41) is 0. The molecule has 7 heteroatoms. The lowest BCUT2D eigenvalue weighted by atomic mass is 10.0. The first-order valence-corrected chi connectivity index (χ1v) is 9.61. The van der Waals surface area contributed by atoms with Gasteiger partial charge in [-0.3, -0.25) is 4.79 Å². The summed E-state index contributed by atoms with van der Waals surface area (Å²) in [6, 6.07) is 14.7. The van der Waals surface area contributed by atoms with Gasteiger partial charge in [-0.05, 0) is 29.7 Å². The molecule has 0 aliphatic carbocycles. The molecule has 7 nitrogen and oxygen atoms in total. The van der Waals surface area contributed by atoms with Crippen LogP contribution in [-0.2, 0) is 25.4 Å². The van der Waals surface area contributed by atoms with Gasteiger partial charge in [-0.25, -0.2) is 9.69 Å². The van der Waals surface area contributed by atoms with Crippen molar-refractivity contribution in [2.75, 3.05) is 26.9 Å². The second kappa shape index (κ2) is 8.63. The molecular weight excluding hydrogens is 374 g/mol. The van der Waals surface area contributed by atoms with E-state index in [1.54, 1.807) is 7.11 Å². The highest BCUT2D eigenvalue weighted by molar-refractivity contribution is 5.93. The van der Waals surface area contributed by atoms with Gasteiger partial charge in [-0.2, -0.15) is 0 Å². The number of methoxy groups -OCH3 is 1. The van der Waals surface area contributed by atoms with Gasteiger partial charge in [0.15, 0.2) is 6.29 Å². The Balaban J connectivity index is 1.50. The van der Waals surface area contributed by atoms with Gasteiger partial charge in [0.05, 0.1) is 20.3 Å². The zero-order valence-electron chi connectivity index (χ0n) is 16.2. The Morgan fingerprint density at radius 1 is 1.14 bits per heavy atom. The molecule has 2 amide bonds. The molecule has 0 N–H and O–H groups in total. The first kappa shape index (κ1) is 19.4. The zero-order chi connectivity index (χ0) is 20.2. The van der Waals surface area contributed by atoms with E-state index in [-0.39, 0.29) is 18.9 Å². The van der Waals surface area contributed by atoms with Crippen molar-refractivity contribution in [3.05, 3.63) is 65.2 Å². The van der Waals surface area contributed by atoms with Crippen molar-refractivity contribution in [2.24, 2.45) is 0 Å². The van der Waals surface area contributed by atoms with Crippen LogP contribution in [0.15, 0.2) is 48.5 Å². The normalized spacial score (nSPS) is 19.4. The minimum atomic E-state index is -0.596. The second-order valence-corrected chi connectivity index (χ2v) is 6.91. The minimum absolute atomic E-state index is 0.171. The van der Waals surface area contributed by atoms with Crippen molar-refractivity contribution < 1.29 is 28.5 Å². The number of benzene rings is 2. The van der Waals surface area contributed by atoms with Gasteiger partial charge in [-0.1, -0.05) is 36.4 Å². The van der Waals surface area contributed by atoms with E-state index in [2.05, 4.69) is 0 Å². The fraction of sp³-hybridized carbons (Fsp3) is 0.364. The van der Waals surface area contributed by atoms with Crippen LogP contribution in [0.3, 0.4) is 0 Å². The van der Waals surface area contributed by atoms with Gasteiger partial charge in [-0.15, -0.1) is 0 Å². The number of rotatable bonds is 6. The van der Waals surface area contributed by atoms with Crippen LogP contribution in [0.25, 0.3) is 0 Å². The molecule has 2 aliphatic rings. The van der Waals surface area contributed by atoms with Crippen LogP contribution in [0.5, 0.6) is 5.75 Å². The van der Waals surface area contributed by atoms with E-state index < -0.39 is 18.4 Å². The molecule has 2 aromatic carbocycles. The third-order valence-electron chi connectivity index (χ3n) is 5.16. The summed E-state index contributed by atoms with van der Waals surface area (Å²) in [7, 11) is 1.60.